The number of hydrogen-bond donors (Lipinski definition) is 3. The van der Waals surface area contributed by atoms with Crippen LogP contribution in [-0.2, 0) is 4.74 Å². The van der Waals surface area contributed by atoms with Crippen molar-refractivity contribution in [2.45, 2.75) is 12.8 Å². The van der Waals surface area contributed by atoms with E-state index in [0.29, 0.717) is 42.0 Å². The number of anilines is 2. The predicted molar refractivity (Wildman–Crippen MR) is 89.2 cm³/mol. The maximum absolute atomic E-state index is 12.4. The van der Waals surface area contributed by atoms with E-state index in [-0.39, 0.29) is 5.91 Å². The molecule has 0 aliphatic carbocycles. The maximum Gasteiger partial charge on any atom is 0.271 e. The fourth-order valence-corrected chi connectivity index (χ4v) is 2.68. The van der Waals surface area contributed by atoms with Gasteiger partial charge in [0.25, 0.3) is 5.91 Å². The highest BCUT2D eigenvalue weighted by Gasteiger charge is 2.18. The van der Waals surface area contributed by atoms with Gasteiger partial charge in [-0.15, -0.1) is 5.10 Å². The molecule has 4 rings (SSSR count). The number of allylic oxidation sites excluding steroid dienone is 1. The molecule has 2 aromatic rings. The van der Waals surface area contributed by atoms with Crippen molar-refractivity contribution in [2.75, 3.05) is 30.8 Å². The van der Waals surface area contributed by atoms with E-state index in [4.69, 9.17) is 4.74 Å². The molecule has 9 nitrogen and oxygen atoms in total. The zero-order chi connectivity index (χ0) is 16.5. The molecule has 2 aliphatic heterocycles. The first-order chi connectivity index (χ1) is 11.7. The van der Waals surface area contributed by atoms with Crippen LogP contribution in [0.1, 0.15) is 23.3 Å². The fraction of sp³-hybridized carbons (Fsp3) is 0.333. The summed E-state index contributed by atoms with van der Waals surface area (Å²) in [6, 6.07) is 1.83. The molecule has 0 aromatic carbocycles. The van der Waals surface area contributed by atoms with Crippen LogP contribution in [0.25, 0.3) is 5.65 Å². The number of imidazole rings is 1. The lowest BCUT2D eigenvalue weighted by Gasteiger charge is -2.15. The molecule has 0 spiro atoms. The zero-order valence-electron chi connectivity index (χ0n) is 13.2. The summed E-state index contributed by atoms with van der Waals surface area (Å²) in [5.41, 5.74) is 1.71. The van der Waals surface area contributed by atoms with Crippen LogP contribution in [0, 0.1) is 0 Å². The van der Waals surface area contributed by atoms with E-state index in [1.165, 1.54) is 10.7 Å². The number of nitrogens with zero attached hydrogens (tertiary/aromatic N) is 4. The molecule has 0 unspecified atom stereocenters. The molecule has 4 heterocycles. The van der Waals surface area contributed by atoms with Gasteiger partial charge in [-0.2, -0.15) is 0 Å². The molecule has 3 N–H and O–H groups in total. The number of amides is 1. The van der Waals surface area contributed by atoms with Gasteiger partial charge in [0.2, 0.25) is 0 Å². The number of rotatable bonds is 1. The Hall–Kier alpha value is -3.10. The molecule has 0 fully saturated rings. The summed E-state index contributed by atoms with van der Waals surface area (Å²) in [6.45, 7) is 0.753. The van der Waals surface area contributed by atoms with E-state index in [1.54, 1.807) is 7.05 Å². The van der Waals surface area contributed by atoms with Crippen molar-refractivity contribution in [3.8, 4) is 0 Å². The van der Waals surface area contributed by atoms with Gasteiger partial charge in [-0.1, -0.05) is 0 Å². The summed E-state index contributed by atoms with van der Waals surface area (Å²) in [4.78, 5) is 21.1. The van der Waals surface area contributed by atoms with Crippen molar-refractivity contribution in [3.63, 3.8) is 0 Å². The highest BCUT2D eigenvalue weighted by Crippen LogP contribution is 2.22. The third kappa shape index (κ3) is 2.53. The molecule has 4 bridgehead atoms. The van der Waals surface area contributed by atoms with Crippen molar-refractivity contribution < 1.29 is 9.53 Å². The monoisotopic (exact) mass is 327 g/mol. The smallest absolute Gasteiger partial charge is 0.271 e. The van der Waals surface area contributed by atoms with Crippen molar-refractivity contribution in [3.05, 3.63) is 29.9 Å². The van der Waals surface area contributed by atoms with E-state index < -0.39 is 0 Å². The quantitative estimate of drug-likeness (QED) is 0.721. The molecule has 1 amide bonds. The Balaban J connectivity index is 1.84. The number of hydrogen-bond acceptors (Lipinski definition) is 7. The first kappa shape index (κ1) is 14.5. The lowest BCUT2D eigenvalue weighted by Crippen LogP contribution is -2.29. The summed E-state index contributed by atoms with van der Waals surface area (Å²) < 4.78 is 7.16. The van der Waals surface area contributed by atoms with Crippen LogP contribution in [0.2, 0.25) is 0 Å². The summed E-state index contributed by atoms with van der Waals surface area (Å²) in [5.74, 6) is 1.66. The Morgan fingerprint density at radius 2 is 2.33 bits per heavy atom. The summed E-state index contributed by atoms with van der Waals surface area (Å²) in [7, 11) is 1.80. The Morgan fingerprint density at radius 1 is 1.42 bits per heavy atom. The van der Waals surface area contributed by atoms with Gasteiger partial charge >= 0.3 is 0 Å². The molecule has 124 valence electrons. The first-order valence-corrected chi connectivity index (χ1v) is 7.77. The summed E-state index contributed by atoms with van der Waals surface area (Å²) in [6.07, 6.45) is 5.09. The summed E-state index contributed by atoms with van der Waals surface area (Å²) >= 11 is 0. The Labute approximate surface area is 137 Å². The van der Waals surface area contributed by atoms with Gasteiger partial charge in [0.15, 0.2) is 23.1 Å². The predicted octanol–water partition coefficient (Wildman–Crippen LogP) is 0.977. The van der Waals surface area contributed by atoms with Crippen LogP contribution in [0.4, 0.5) is 11.5 Å². The van der Waals surface area contributed by atoms with Crippen LogP contribution in [0.3, 0.4) is 0 Å². The van der Waals surface area contributed by atoms with Crippen molar-refractivity contribution >= 4 is 29.0 Å². The highest BCUT2D eigenvalue weighted by molar-refractivity contribution is 5.94. The Bertz CT molecular complexity index is 868. The van der Waals surface area contributed by atoms with Crippen LogP contribution in [-0.4, -0.2) is 46.6 Å². The normalized spacial score (nSPS) is 17.5. The topological polar surface area (TPSA) is 105 Å². The number of ether oxygens (including phenoxy) is 1. The Morgan fingerprint density at radius 3 is 3.21 bits per heavy atom. The van der Waals surface area contributed by atoms with Gasteiger partial charge in [-0.05, 0) is 12.5 Å². The number of aromatic nitrogens is 3. The third-order valence-corrected chi connectivity index (χ3v) is 3.82. The molecule has 0 radical (unpaired) electrons. The number of carbonyl (C=O) groups excluding carboxylic acids is 1. The molecular weight excluding hydrogens is 310 g/mol. The van der Waals surface area contributed by atoms with Crippen LogP contribution < -0.4 is 16.0 Å². The second-order valence-electron chi connectivity index (χ2n) is 5.44. The minimum absolute atomic E-state index is 0.249. The fourth-order valence-electron chi connectivity index (χ4n) is 2.68. The second-order valence-corrected chi connectivity index (χ2v) is 5.44. The van der Waals surface area contributed by atoms with Gasteiger partial charge in [0.1, 0.15) is 12.4 Å². The zero-order valence-corrected chi connectivity index (χ0v) is 13.2. The van der Waals surface area contributed by atoms with Crippen molar-refractivity contribution in [1.29, 1.82) is 0 Å². The molecule has 0 saturated carbocycles. The van der Waals surface area contributed by atoms with E-state index in [1.807, 2.05) is 12.1 Å². The van der Waals surface area contributed by atoms with Gasteiger partial charge < -0.3 is 20.7 Å². The van der Waals surface area contributed by atoms with Gasteiger partial charge in [-0.3, -0.25) is 4.79 Å². The molecule has 2 aliphatic rings. The van der Waals surface area contributed by atoms with E-state index >= 15 is 0 Å². The van der Waals surface area contributed by atoms with Gasteiger partial charge in [-0.25, -0.2) is 14.5 Å². The maximum atomic E-state index is 12.4. The third-order valence-electron chi connectivity index (χ3n) is 3.82. The van der Waals surface area contributed by atoms with E-state index in [2.05, 4.69) is 31.0 Å². The standard InChI is InChI=1S/C15H17N7O2/c1-16-9-7-12-19-11-3-2-4-13(20-11)24-6-5-17-15(23)10-8-18-14(9)22(10)21-12/h3,7-8,16H,2,4-6H2,1H3,(H,17,23)(H,19,21). The molecular formula is C15H17N7O2. The van der Waals surface area contributed by atoms with Crippen LogP contribution in [0.5, 0.6) is 0 Å². The average Bonchev–Trinajstić information content (AvgIpc) is 3.01. The molecule has 0 atom stereocenters. The highest BCUT2D eigenvalue weighted by atomic mass is 16.5. The number of fused-ring (bicyclic) bond motifs is 2. The minimum Gasteiger partial charge on any atom is -0.479 e. The average molecular weight is 327 g/mol. The molecule has 24 heavy (non-hydrogen) atoms. The minimum atomic E-state index is -0.249. The van der Waals surface area contributed by atoms with Crippen LogP contribution in [0.15, 0.2) is 29.2 Å². The van der Waals surface area contributed by atoms with Crippen LogP contribution >= 0.6 is 0 Å². The second kappa shape index (κ2) is 5.84. The van der Waals surface area contributed by atoms with Gasteiger partial charge in [0.05, 0.1) is 18.4 Å². The summed E-state index contributed by atoms with van der Waals surface area (Å²) in [5, 5.41) is 13.5. The van der Waals surface area contributed by atoms with E-state index in [0.717, 1.165) is 18.5 Å². The lowest BCUT2D eigenvalue weighted by atomic mass is 10.2. The first-order valence-electron chi connectivity index (χ1n) is 7.77. The largest absolute Gasteiger partial charge is 0.479 e. The molecule has 9 heteroatoms. The number of carbonyl (C=O) groups is 1. The van der Waals surface area contributed by atoms with Gasteiger partial charge in [0, 0.05) is 19.5 Å². The van der Waals surface area contributed by atoms with Crippen molar-refractivity contribution in [1.82, 2.24) is 19.9 Å². The Kier molecular flexibility index (Phi) is 3.52. The lowest BCUT2D eigenvalue weighted by molar-refractivity contribution is 0.0938. The molecule has 0 saturated heterocycles. The molecule has 2 aromatic heterocycles. The number of aliphatic imine (C=N–C) groups is 1. The number of nitrogens with one attached hydrogen (secondary N) is 3. The SMILES string of the molecule is CNc1cc2nn3c(cnc13)C(=O)NCCOC1=NC(=CCC1)N2. The van der Waals surface area contributed by atoms with Crippen molar-refractivity contribution in [2.24, 2.45) is 4.99 Å². The van der Waals surface area contributed by atoms with E-state index in [9.17, 15) is 4.79 Å².